The first-order chi connectivity index (χ1) is 14.4. The molecule has 0 radical (unpaired) electrons. The van der Waals surface area contributed by atoms with Crippen molar-refractivity contribution in [3.8, 4) is 5.75 Å². The van der Waals surface area contributed by atoms with Gasteiger partial charge < -0.3 is 20.3 Å². The highest BCUT2D eigenvalue weighted by Gasteiger charge is 2.37. The summed E-state index contributed by atoms with van der Waals surface area (Å²) in [5.74, 6) is -0.164. The van der Waals surface area contributed by atoms with Crippen LogP contribution in [0.25, 0.3) is 0 Å². The second-order valence-electron chi connectivity index (χ2n) is 8.47. The normalized spacial score (nSPS) is 21.4. The maximum atomic E-state index is 13.0. The molecule has 0 spiro atoms. The lowest BCUT2D eigenvalue weighted by atomic mass is 9.96. The Bertz CT molecular complexity index is 758. The number of anilines is 1. The van der Waals surface area contributed by atoms with Gasteiger partial charge in [0.1, 0.15) is 11.8 Å². The Hall–Kier alpha value is -2.57. The summed E-state index contributed by atoms with van der Waals surface area (Å²) in [6.07, 6.45) is 5.20. The van der Waals surface area contributed by atoms with E-state index in [1.54, 1.807) is 24.1 Å². The molecule has 1 heterocycles. The molecule has 3 atom stereocenters. The molecule has 2 unspecified atom stereocenters. The summed E-state index contributed by atoms with van der Waals surface area (Å²) >= 11 is 0. The van der Waals surface area contributed by atoms with Crippen LogP contribution in [0.2, 0.25) is 0 Å². The second-order valence-corrected chi connectivity index (χ2v) is 8.47. The van der Waals surface area contributed by atoms with Crippen molar-refractivity contribution in [3.05, 3.63) is 24.3 Å². The van der Waals surface area contributed by atoms with Crippen LogP contribution in [0, 0.1) is 11.8 Å². The zero-order valence-corrected chi connectivity index (χ0v) is 18.1. The van der Waals surface area contributed by atoms with Gasteiger partial charge in [0.2, 0.25) is 17.7 Å². The van der Waals surface area contributed by atoms with Crippen LogP contribution in [0.5, 0.6) is 5.75 Å². The van der Waals surface area contributed by atoms with E-state index in [4.69, 9.17) is 4.74 Å². The van der Waals surface area contributed by atoms with Gasteiger partial charge in [0.25, 0.3) is 0 Å². The van der Waals surface area contributed by atoms with Crippen molar-refractivity contribution >= 4 is 23.4 Å². The van der Waals surface area contributed by atoms with Gasteiger partial charge in [-0.2, -0.15) is 0 Å². The lowest BCUT2D eigenvalue weighted by Gasteiger charge is -2.26. The van der Waals surface area contributed by atoms with Crippen molar-refractivity contribution in [3.63, 3.8) is 0 Å². The molecule has 30 heavy (non-hydrogen) atoms. The quantitative estimate of drug-likeness (QED) is 0.683. The smallest absolute Gasteiger partial charge is 0.243 e. The summed E-state index contributed by atoms with van der Waals surface area (Å²) in [6, 6.07) is 6.85. The van der Waals surface area contributed by atoms with Crippen molar-refractivity contribution in [2.75, 3.05) is 18.6 Å². The van der Waals surface area contributed by atoms with E-state index in [0.717, 1.165) is 37.8 Å². The van der Waals surface area contributed by atoms with Crippen molar-refractivity contribution in [1.82, 2.24) is 10.6 Å². The minimum atomic E-state index is -0.576. The monoisotopic (exact) mass is 415 g/mol. The molecule has 2 fully saturated rings. The average Bonchev–Trinajstić information content (AvgIpc) is 3.40. The fourth-order valence-corrected chi connectivity index (χ4v) is 4.23. The van der Waals surface area contributed by atoms with Crippen LogP contribution in [0.4, 0.5) is 5.69 Å². The Morgan fingerprint density at radius 3 is 2.47 bits per heavy atom. The Morgan fingerprint density at radius 1 is 1.20 bits per heavy atom. The van der Waals surface area contributed by atoms with Gasteiger partial charge in [0.05, 0.1) is 13.0 Å². The van der Waals surface area contributed by atoms with E-state index >= 15 is 0 Å². The Labute approximate surface area is 178 Å². The molecule has 1 aliphatic heterocycles. The van der Waals surface area contributed by atoms with Crippen molar-refractivity contribution < 1.29 is 19.1 Å². The van der Waals surface area contributed by atoms with Gasteiger partial charge in [-0.1, -0.05) is 33.1 Å². The standard InChI is InChI=1S/C23H33N3O4/c1-4-15(2)21(23(29)24-17-7-5-6-8-17)25-22(28)16-13-20(27)26(14-16)18-9-11-19(30-3)12-10-18/h9-12,15-17,21H,4-8,13-14H2,1-3H3,(H,24,29)(H,25,28)/t15?,16?,21-/m0/s1. The second kappa shape index (κ2) is 9.96. The molecule has 0 aromatic heterocycles. The number of carbonyl (C=O) groups excluding carboxylic acids is 3. The van der Waals surface area contributed by atoms with Crippen LogP contribution in [0.15, 0.2) is 24.3 Å². The lowest BCUT2D eigenvalue weighted by molar-refractivity contribution is -0.132. The minimum Gasteiger partial charge on any atom is -0.497 e. The highest BCUT2D eigenvalue weighted by Crippen LogP contribution is 2.27. The molecular formula is C23H33N3O4. The van der Waals surface area contributed by atoms with E-state index in [2.05, 4.69) is 10.6 Å². The van der Waals surface area contributed by atoms with Gasteiger partial charge in [-0.3, -0.25) is 14.4 Å². The molecule has 1 saturated carbocycles. The highest BCUT2D eigenvalue weighted by atomic mass is 16.5. The maximum absolute atomic E-state index is 13.0. The first kappa shape index (κ1) is 22.1. The molecule has 7 heteroatoms. The number of hydrogen-bond donors (Lipinski definition) is 2. The SMILES string of the molecule is CCC(C)[C@H](NC(=O)C1CC(=O)N(c2ccc(OC)cc2)C1)C(=O)NC1CCCC1. The molecule has 1 aliphatic carbocycles. The first-order valence-corrected chi connectivity index (χ1v) is 11.0. The largest absolute Gasteiger partial charge is 0.497 e. The van der Waals surface area contributed by atoms with Crippen LogP contribution in [0.3, 0.4) is 0 Å². The summed E-state index contributed by atoms with van der Waals surface area (Å²) in [5.41, 5.74) is 0.744. The molecule has 1 aromatic carbocycles. The van der Waals surface area contributed by atoms with E-state index in [-0.39, 0.29) is 36.1 Å². The summed E-state index contributed by atoms with van der Waals surface area (Å²) < 4.78 is 5.16. The number of nitrogens with one attached hydrogen (secondary N) is 2. The number of benzene rings is 1. The third kappa shape index (κ3) is 5.12. The summed E-state index contributed by atoms with van der Waals surface area (Å²) in [5, 5.41) is 6.05. The average molecular weight is 416 g/mol. The van der Waals surface area contributed by atoms with E-state index in [0.29, 0.717) is 12.3 Å². The van der Waals surface area contributed by atoms with Crippen molar-refractivity contribution in [2.24, 2.45) is 11.8 Å². The molecule has 2 aliphatic rings. The third-order valence-corrected chi connectivity index (χ3v) is 6.37. The number of ether oxygens (including phenoxy) is 1. The minimum absolute atomic E-state index is 0.0187. The highest BCUT2D eigenvalue weighted by molar-refractivity contribution is 6.01. The number of carbonyl (C=O) groups is 3. The van der Waals surface area contributed by atoms with Gasteiger partial charge in [0.15, 0.2) is 0 Å². The molecule has 0 bridgehead atoms. The molecule has 2 N–H and O–H groups in total. The van der Waals surface area contributed by atoms with Gasteiger partial charge in [-0.05, 0) is 43.0 Å². The Kier molecular flexibility index (Phi) is 7.34. The van der Waals surface area contributed by atoms with Gasteiger partial charge in [0, 0.05) is 24.7 Å². The van der Waals surface area contributed by atoms with Crippen LogP contribution >= 0.6 is 0 Å². The molecule has 3 amide bonds. The topological polar surface area (TPSA) is 87.7 Å². The molecule has 7 nitrogen and oxygen atoms in total. The van der Waals surface area contributed by atoms with Gasteiger partial charge >= 0.3 is 0 Å². The predicted octanol–water partition coefficient (Wildman–Crippen LogP) is 2.64. The molecule has 1 saturated heterocycles. The number of hydrogen-bond acceptors (Lipinski definition) is 4. The summed E-state index contributed by atoms with van der Waals surface area (Å²) in [7, 11) is 1.59. The first-order valence-electron chi connectivity index (χ1n) is 11.0. The van der Waals surface area contributed by atoms with Gasteiger partial charge in [-0.25, -0.2) is 0 Å². The number of nitrogens with zero attached hydrogens (tertiary/aromatic N) is 1. The van der Waals surface area contributed by atoms with Crippen LogP contribution in [0.1, 0.15) is 52.4 Å². The number of amides is 3. The fourth-order valence-electron chi connectivity index (χ4n) is 4.23. The Morgan fingerprint density at radius 2 is 1.87 bits per heavy atom. The van der Waals surface area contributed by atoms with E-state index in [1.165, 1.54) is 0 Å². The fraction of sp³-hybridized carbons (Fsp3) is 0.609. The van der Waals surface area contributed by atoms with Crippen molar-refractivity contribution in [1.29, 1.82) is 0 Å². The van der Waals surface area contributed by atoms with Gasteiger partial charge in [-0.15, -0.1) is 0 Å². The maximum Gasteiger partial charge on any atom is 0.243 e. The van der Waals surface area contributed by atoms with Crippen LogP contribution < -0.4 is 20.3 Å². The molecule has 3 rings (SSSR count). The zero-order chi connectivity index (χ0) is 21.7. The molecule has 164 valence electrons. The van der Waals surface area contributed by atoms with E-state index in [9.17, 15) is 14.4 Å². The van der Waals surface area contributed by atoms with E-state index in [1.807, 2.05) is 26.0 Å². The predicted molar refractivity (Wildman–Crippen MR) is 115 cm³/mol. The summed E-state index contributed by atoms with van der Waals surface area (Å²) in [6.45, 7) is 4.30. The lowest BCUT2D eigenvalue weighted by Crippen LogP contribution is -2.53. The zero-order valence-electron chi connectivity index (χ0n) is 18.1. The van der Waals surface area contributed by atoms with Crippen LogP contribution in [-0.2, 0) is 14.4 Å². The third-order valence-electron chi connectivity index (χ3n) is 6.37. The van der Waals surface area contributed by atoms with Crippen LogP contribution in [-0.4, -0.2) is 43.5 Å². The van der Waals surface area contributed by atoms with Crippen molar-refractivity contribution in [2.45, 2.75) is 64.5 Å². The molecular weight excluding hydrogens is 382 g/mol. The summed E-state index contributed by atoms with van der Waals surface area (Å²) in [4.78, 5) is 39.9. The molecule has 1 aromatic rings. The Balaban J connectivity index is 1.63. The number of methoxy groups -OCH3 is 1. The van der Waals surface area contributed by atoms with E-state index < -0.39 is 12.0 Å². The number of rotatable bonds is 8.